The van der Waals surface area contributed by atoms with Crippen molar-refractivity contribution in [2.45, 2.75) is 58.5 Å². The summed E-state index contributed by atoms with van der Waals surface area (Å²) in [4.78, 5) is 25.6. The number of nitrogens with two attached hydrogens (primary N) is 1. The van der Waals surface area contributed by atoms with E-state index in [1.807, 2.05) is 49.9 Å². The number of rotatable bonds is 7. The van der Waals surface area contributed by atoms with Gasteiger partial charge in [0, 0.05) is 30.9 Å². The first-order valence-electron chi connectivity index (χ1n) is 9.37. The molecular formula is C20H31N3O3. The number of amides is 2. The molecule has 1 atom stereocenters. The number of anilines is 2. The Hall–Kier alpha value is -2.24. The average Bonchev–Trinajstić information content (AvgIpc) is 2.90. The molecule has 0 spiro atoms. The van der Waals surface area contributed by atoms with Crippen LogP contribution in [0.3, 0.4) is 0 Å². The zero-order valence-electron chi connectivity index (χ0n) is 16.1. The maximum atomic E-state index is 12.2. The molecular weight excluding hydrogens is 330 g/mol. The van der Waals surface area contributed by atoms with Crippen molar-refractivity contribution in [1.82, 2.24) is 5.32 Å². The molecule has 1 aliphatic rings. The number of ether oxygens (including phenoxy) is 1. The molecule has 6 nitrogen and oxygen atoms in total. The highest BCUT2D eigenvalue weighted by molar-refractivity contribution is 5.95. The molecule has 26 heavy (non-hydrogen) atoms. The number of benzene rings is 1. The summed E-state index contributed by atoms with van der Waals surface area (Å²) >= 11 is 0. The van der Waals surface area contributed by atoms with E-state index >= 15 is 0 Å². The first-order valence-corrected chi connectivity index (χ1v) is 9.37. The second kappa shape index (κ2) is 8.92. The van der Waals surface area contributed by atoms with Gasteiger partial charge in [0.2, 0.25) is 5.91 Å². The highest BCUT2D eigenvalue weighted by Gasteiger charge is 2.29. The number of hydrogen-bond acceptors (Lipinski definition) is 4. The van der Waals surface area contributed by atoms with Gasteiger partial charge in [0.25, 0.3) is 0 Å². The third kappa shape index (κ3) is 6.58. The van der Waals surface area contributed by atoms with Crippen LogP contribution in [0.25, 0.3) is 0 Å². The van der Waals surface area contributed by atoms with Gasteiger partial charge in [0.1, 0.15) is 5.60 Å². The maximum absolute atomic E-state index is 12.2. The molecule has 1 fully saturated rings. The van der Waals surface area contributed by atoms with E-state index in [1.54, 1.807) is 0 Å². The predicted molar refractivity (Wildman–Crippen MR) is 104 cm³/mol. The zero-order chi connectivity index (χ0) is 19.2. The minimum Gasteiger partial charge on any atom is -0.444 e. The minimum atomic E-state index is -0.463. The lowest BCUT2D eigenvalue weighted by Crippen LogP contribution is -2.32. The fourth-order valence-corrected chi connectivity index (χ4v) is 3.12. The van der Waals surface area contributed by atoms with Crippen LogP contribution in [-0.2, 0) is 9.53 Å². The molecule has 6 heteroatoms. The highest BCUT2D eigenvalue weighted by atomic mass is 16.6. The number of alkyl carbamates (subject to hydrolysis) is 1. The number of unbranched alkanes of at least 4 members (excludes halogenated alkanes) is 2. The van der Waals surface area contributed by atoms with E-state index in [2.05, 4.69) is 5.32 Å². The lowest BCUT2D eigenvalue weighted by molar-refractivity contribution is -0.117. The van der Waals surface area contributed by atoms with Crippen molar-refractivity contribution in [3.8, 4) is 0 Å². The van der Waals surface area contributed by atoms with Crippen molar-refractivity contribution >= 4 is 23.4 Å². The summed E-state index contributed by atoms with van der Waals surface area (Å²) in [5, 5.41) is 2.77. The summed E-state index contributed by atoms with van der Waals surface area (Å²) in [6.45, 7) is 6.95. The molecule has 144 valence electrons. The van der Waals surface area contributed by atoms with Gasteiger partial charge >= 0.3 is 6.09 Å². The van der Waals surface area contributed by atoms with E-state index in [4.69, 9.17) is 10.5 Å². The van der Waals surface area contributed by atoms with Crippen LogP contribution in [-0.4, -0.2) is 30.7 Å². The van der Waals surface area contributed by atoms with Gasteiger partial charge in [-0.1, -0.05) is 12.8 Å². The van der Waals surface area contributed by atoms with Crippen molar-refractivity contribution < 1.29 is 14.3 Å². The largest absolute Gasteiger partial charge is 0.444 e. The summed E-state index contributed by atoms with van der Waals surface area (Å²) in [6.07, 6.45) is 4.29. The molecule has 3 N–H and O–H groups in total. The van der Waals surface area contributed by atoms with Crippen molar-refractivity contribution in [1.29, 1.82) is 0 Å². The monoisotopic (exact) mass is 361 g/mol. The Labute approximate surface area is 156 Å². The number of nitrogens with one attached hydrogen (secondary N) is 1. The molecule has 1 aromatic carbocycles. The van der Waals surface area contributed by atoms with Crippen LogP contribution in [0.15, 0.2) is 24.3 Å². The molecule has 1 unspecified atom stereocenters. The Morgan fingerprint density at radius 1 is 1.23 bits per heavy atom. The number of carbonyl (C=O) groups excluding carboxylic acids is 2. The molecule has 2 rings (SSSR count). The van der Waals surface area contributed by atoms with Crippen molar-refractivity contribution in [2.24, 2.45) is 5.92 Å². The number of nitrogens with zero attached hydrogens (tertiary/aromatic N) is 1. The van der Waals surface area contributed by atoms with E-state index in [0.717, 1.165) is 37.9 Å². The van der Waals surface area contributed by atoms with Crippen LogP contribution in [0.1, 0.15) is 52.9 Å². The summed E-state index contributed by atoms with van der Waals surface area (Å²) in [7, 11) is 0. The Bertz CT molecular complexity index is 608. The molecule has 1 heterocycles. The molecule has 0 radical (unpaired) electrons. The number of hydrogen-bond donors (Lipinski definition) is 2. The van der Waals surface area contributed by atoms with Gasteiger partial charge in [-0.15, -0.1) is 0 Å². The van der Waals surface area contributed by atoms with Crippen molar-refractivity contribution in [3.63, 3.8) is 0 Å². The number of carbonyl (C=O) groups is 2. The fraction of sp³-hybridized carbons (Fsp3) is 0.600. The van der Waals surface area contributed by atoms with Crippen LogP contribution in [0, 0.1) is 5.92 Å². The van der Waals surface area contributed by atoms with E-state index in [1.165, 1.54) is 0 Å². The Balaban J connectivity index is 1.61. The summed E-state index contributed by atoms with van der Waals surface area (Å²) in [5.41, 5.74) is 6.87. The van der Waals surface area contributed by atoms with Gasteiger partial charge in [0.15, 0.2) is 0 Å². The minimum absolute atomic E-state index is 0.186. The van der Waals surface area contributed by atoms with Gasteiger partial charge in [0.05, 0.1) is 0 Å². The normalized spacial score (nSPS) is 17.4. The molecule has 1 saturated heterocycles. The van der Waals surface area contributed by atoms with E-state index in [-0.39, 0.29) is 12.0 Å². The quantitative estimate of drug-likeness (QED) is 0.573. The third-order valence-electron chi connectivity index (χ3n) is 4.37. The van der Waals surface area contributed by atoms with Crippen molar-refractivity contribution in [3.05, 3.63) is 24.3 Å². The van der Waals surface area contributed by atoms with Gasteiger partial charge < -0.3 is 20.7 Å². The van der Waals surface area contributed by atoms with E-state index < -0.39 is 5.60 Å². The molecule has 1 aliphatic heterocycles. The SMILES string of the molecule is CC(C)(C)OC(=O)NCCCCCC1CC(=O)N(c2ccc(N)cc2)C1. The molecule has 2 amide bonds. The first-order chi connectivity index (χ1) is 12.2. The zero-order valence-corrected chi connectivity index (χ0v) is 16.1. The highest BCUT2D eigenvalue weighted by Crippen LogP contribution is 2.28. The third-order valence-corrected chi connectivity index (χ3v) is 4.37. The van der Waals surface area contributed by atoms with Crippen LogP contribution < -0.4 is 16.0 Å². The maximum Gasteiger partial charge on any atom is 0.407 e. The standard InChI is InChI=1S/C20H31N3O3/c1-20(2,3)26-19(25)22-12-6-4-5-7-15-13-18(24)23(14-15)17-10-8-16(21)9-11-17/h8-11,15H,4-7,12-14,21H2,1-3H3,(H,22,25). The summed E-state index contributed by atoms with van der Waals surface area (Å²) < 4.78 is 5.20. The summed E-state index contributed by atoms with van der Waals surface area (Å²) in [5.74, 6) is 0.588. The predicted octanol–water partition coefficient (Wildman–Crippen LogP) is 3.71. The topological polar surface area (TPSA) is 84.7 Å². The second-order valence-corrected chi connectivity index (χ2v) is 7.94. The lowest BCUT2D eigenvalue weighted by Gasteiger charge is -2.19. The first kappa shape index (κ1) is 20.1. The Morgan fingerprint density at radius 3 is 2.58 bits per heavy atom. The van der Waals surface area contributed by atoms with Gasteiger partial charge in [-0.05, 0) is 63.8 Å². The van der Waals surface area contributed by atoms with E-state index in [9.17, 15) is 9.59 Å². The second-order valence-electron chi connectivity index (χ2n) is 7.94. The van der Waals surface area contributed by atoms with Crippen LogP contribution in [0.4, 0.5) is 16.2 Å². The lowest BCUT2D eigenvalue weighted by atomic mass is 10.0. The van der Waals surface area contributed by atoms with Gasteiger partial charge in [-0.25, -0.2) is 4.79 Å². The molecule has 0 aromatic heterocycles. The van der Waals surface area contributed by atoms with Gasteiger partial charge in [-0.2, -0.15) is 0 Å². The van der Waals surface area contributed by atoms with E-state index in [0.29, 0.717) is 24.6 Å². The Kier molecular flexibility index (Phi) is 6.89. The van der Waals surface area contributed by atoms with Crippen LogP contribution in [0.5, 0.6) is 0 Å². The summed E-state index contributed by atoms with van der Waals surface area (Å²) in [6, 6.07) is 7.46. The molecule has 0 saturated carbocycles. The van der Waals surface area contributed by atoms with Gasteiger partial charge in [-0.3, -0.25) is 4.79 Å². The fourth-order valence-electron chi connectivity index (χ4n) is 3.12. The smallest absolute Gasteiger partial charge is 0.407 e. The van der Waals surface area contributed by atoms with Crippen molar-refractivity contribution in [2.75, 3.05) is 23.7 Å². The molecule has 0 aliphatic carbocycles. The van der Waals surface area contributed by atoms with Crippen LogP contribution in [0.2, 0.25) is 0 Å². The number of nitrogen functional groups attached to an aromatic ring is 1. The van der Waals surface area contributed by atoms with Crippen LogP contribution >= 0.6 is 0 Å². The molecule has 1 aromatic rings. The Morgan fingerprint density at radius 2 is 1.92 bits per heavy atom. The molecule has 0 bridgehead atoms. The average molecular weight is 361 g/mol.